The van der Waals surface area contributed by atoms with Gasteiger partial charge in [0.05, 0.1) is 59.3 Å². The van der Waals surface area contributed by atoms with E-state index >= 15 is 0 Å². The Morgan fingerprint density at radius 3 is 1.65 bits per heavy atom. The third-order valence-electron chi connectivity index (χ3n) is 3.42. The van der Waals surface area contributed by atoms with E-state index in [1.165, 1.54) is 6.92 Å². The van der Waals surface area contributed by atoms with Crippen LogP contribution in [0.15, 0.2) is 0 Å². The molecule has 0 atom stereocenters. The van der Waals surface area contributed by atoms with E-state index in [0.29, 0.717) is 59.3 Å². The zero-order valence-corrected chi connectivity index (χ0v) is 18.6. The van der Waals surface area contributed by atoms with E-state index in [1.807, 2.05) is 0 Å². The molecule has 0 spiro atoms. The Morgan fingerprint density at radius 1 is 0.613 bits per heavy atom. The lowest BCUT2D eigenvalue weighted by molar-refractivity contribution is -0.144. The Balaban J connectivity index is 3.26. The maximum atomic E-state index is 11.5. The molecular weight excluding hydrogens is 414 g/mol. The molecule has 0 bridgehead atoms. The summed E-state index contributed by atoms with van der Waals surface area (Å²) in [4.78, 5) is 33.5. The Bertz CT molecular complexity index is 467. The van der Waals surface area contributed by atoms with E-state index < -0.39 is 5.97 Å². The largest absolute Gasteiger partial charge is 0.463 e. The zero-order valence-electron chi connectivity index (χ0n) is 18.6. The SMILES string of the molecule is COCCNCC(=O)OCCNCC(=O)OCCOCCOCCOCCNC(C)=O. The van der Waals surface area contributed by atoms with Gasteiger partial charge in [-0.25, -0.2) is 0 Å². The second-order valence-electron chi connectivity index (χ2n) is 6.11. The van der Waals surface area contributed by atoms with Crippen LogP contribution in [0.3, 0.4) is 0 Å². The van der Waals surface area contributed by atoms with Crippen molar-refractivity contribution < 1.29 is 42.8 Å². The normalized spacial score (nSPS) is 10.6. The van der Waals surface area contributed by atoms with Gasteiger partial charge in [-0.2, -0.15) is 0 Å². The fraction of sp³-hybridized carbons (Fsp3) is 0.842. The fourth-order valence-electron chi connectivity index (χ4n) is 1.95. The molecule has 12 nitrogen and oxygen atoms in total. The first-order valence-corrected chi connectivity index (χ1v) is 10.3. The van der Waals surface area contributed by atoms with Crippen LogP contribution < -0.4 is 16.0 Å². The second-order valence-corrected chi connectivity index (χ2v) is 6.11. The lowest BCUT2D eigenvalue weighted by Crippen LogP contribution is -2.31. The molecular formula is C19H37N3O9. The van der Waals surface area contributed by atoms with Crippen molar-refractivity contribution in [1.82, 2.24) is 16.0 Å². The van der Waals surface area contributed by atoms with Crippen molar-refractivity contribution in [2.75, 3.05) is 99.3 Å². The number of hydrogen-bond donors (Lipinski definition) is 3. The summed E-state index contributed by atoms with van der Waals surface area (Å²) in [5, 5.41) is 8.33. The summed E-state index contributed by atoms with van der Waals surface area (Å²) in [5.74, 6) is -0.861. The summed E-state index contributed by atoms with van der Waals surface area (Å²) in [6.07, 6.45) is 0. The lowest BCUT2D eigenvalue weighted by Gasteiger charge is -2.09. The Labute approximate surface area is 183 Å². The van der Waals surface area contributed by atoms with Crippen LogP contribution >= 0.6 is 0 Å². The highest BCUT2D eigenvalue weighted by atomic mass is 16.6. The Morgan fingerprint density at radius 2 is 1.10 bits per heavy atom. The fourth-order valence-corrected chi connectivity index (χ4v) is 1.95. The van der Waals surface area contributed by atoms with E-state index in [1.54, 1.807) is 7.11 Å². The van der Waals surface area contributed by atoms with Gasteiger partial charge >= 0.3 is 11.9 Å². The molecule has 1 amide bonds. The monoisotopic (exact) mass is 451 g/mol. The van der Waals surface area contributed by atoms with Gasteiger partial charge in [0.2, 0.25) is 5.91 Å². The van der Waals surface area contributed by atoms with Gasteiger partial charge in [-0.1, -0.05) is 0 Å². The molecule has 0 rings (SSSR count). The minimum absolute atomic E-state index is 0.0225. The highest BCUT2D eigenvalue weighted by Crippen LogP contribution is 1.84. The molecule has 0 aromatic heterocycles. The maximum Gasteiger partial charge on any atom is 0.320 e. The molecule has 0 aliphatic carbocycles. The number of hydrogen-bond acceptors (Lipinski definition) is 11. The van der Waals surface area contributed by atoms with Gasteiger partial charge in [0, 0.05) is 33.7 Å². The number of rotatable bonds is 22. The number of carbonyl (C=O) groups excluding carboxylic acids is 3. The Kier molecular flexibility index (Phi) is 21.5. The van der Waals surface area contributed by atoms with Crippen molar-refractivity contribution in [1.29, 1.82) is 0 Å². The van der Waals surface area contributed by atoms with Crippen molar-refractivity contribution in [2.45, 2.75) is 6.92 Å². The molecule has 0 aromatic rings. The average molecular weight is 452 g/mol. The van der Waals surface area contributed by atoms with Gasteiger partial charge < -0.3 is 44.4 Å². The number of carbonyl (C=O) groups is 3. The van der Waals surface area contributed by atoms with Crippen LogP contribution in [0.2, 0.25) is 0 Å². The van der Waals surface area contributed by atoms with Crippen molar-refractivity contribution in [3.05, 3.63) is 0 Å². The summed E-state index contributed by atoms with van der Waals surface area (Å²) in [7, 11) is 1.58. The molecule has 0 aliphatic rings. The first-order chi connectivity index (χ1) is 15.1. The van der Waals surface area contributed by atoms with Crippen LogP contribution in [0.4, 0.5) is 0 Å². The topological polar surface area (TPSA) is 143 Å². The van der Waals surface area contributed by atoms with Crippen LogP contribution in [-0.4, -0.2) is 117 Å². The smallest absolute Gasteiger partial charge is 0.320 e. The van der Waals surface area contributed by atoms with Crippen molar-refractivity contribution >= 4 is 17.8 Å². The number of ether oxygens (including phenoxy) is 6. The van der Waals surface area contributed by atoms with Gasteiger partial charge in [-0.15, -0.1) is 0 Å². The van der Waals surface area contributed by atoms with Gasteiger partial charge in [0.15, 0.2) is 0 Å². The van der Waals surface area contributed by atoms with E-state index in [4.69, 9.17) is 28.4 Å². The number of esters is 2. The van der Waals surface area contributed by atoms with Crippen molar-refractivity contribution in [3.63, 3.8) is 0 Å². The zero-order chi connectivity index (χ0) is 23.0. The van der Waals surface area contributed by atoms with Crippen molar-refractivity contribution in [3.8, 4) is 0 Å². The van der Waals surface area contributed by atoms with Crippen LogP contribution in [0.5, 0.6) is 0 Å². The minimum atomic E-state index is -0.413. The molecule has 0 fully saturated rings. The molecule has 0 heterocycles. The number of nitrogens with one attached hydrogen (secondary N) is 3. The average Bonchev–Trinajstić information content (AvgIpc) is 2.74. The van der Waals surface area contributed by atoms with Crippen LogP contribution in [-0.2, 0) is 42.8 Å². The predicted molar refractivity (Wildman–Crippen MR) is 111 cm³/mol. The summed E-state index contributed by atoms with van der Waals surface area (Å²) < 4.78 is 30.7. The molecule has 12 heteroatoms. The molecule has 0 saturated carbocycles. The minimum Gasteiger partial charge on any atom is -0.463 e. The van der Waals surface area contributed by atoms with Gasteiger partial charge in [0.1, 0.15) is 13.2 Å². The highest BCUT2D eigenvalue weighted by Gasteiger charge is 2.04. The predicted octanol–water partition coefficient (Wildman–Crippen LogP) is -1.92. The summed E-state index contributed by atoms with van der Waals surface area (Å²) in [6, 6.07) is 0. The molecule has 182 valence electrons. The summed E-state index contributed by atoms with van der Waals surface area (Å²) >= 11 is 0. The summed E-state index contributed by atoms with van der Waals surface area (Å²) in [5.41, 5.74) is 0. The third kappa shape index (κ3) is 24.3. The second kappa shape index (κ2) is 22.8. The van der Waals surface area contributed by atoms with E-state index in [9.17, 15) is 14.4 Å². The van der Waals surface area contributed by atoms with E-state index in [-0.39, 0.29) is 44.8 Å². The lowest BCUT2D eigenvalue weighted by atomic mass is 10.5. The van der Waals surface area contributed by atoms with Crippen LogP contribution in [0.25, 0.3) is 0 Å². The van der Waals surface area contributed by atoms with Gasteiger partial charge in [0.25, 0.3) is 0 Å². The van der Waals surface area contributed by atoms with E-state index in [2.05, 4.69) is 16.0 Å². The van der Waals surface area contributed by atoms with Crippen LogP contribution in [0, 0.1) is 0 Å². The first kappa shape index (κ1) is 29.2. The van der Waals surface area contributed by atoms with Crippen LogP contribution in [0.1, 0.15) is 6.92 Å². The molecule has 3 N–H and O–H groups in total. The maximum absolute atomic E-state index is 11.5. The molecule has 0 saturated heterocycles. The van der Waals surface area contributed by atoms with Gasteiger partial charge in [-0.05, 0) is 0 Å². The highest BCUT2D eigenvalue weighted by molar-refractivity contribution is 5.72. The molecule has 0 unspecified atom stereocenters. The molecule has 0 aliphatic heterocycles. The standard InChI is InChI=1S/C19H37N3O9/c1-17(23)22-5-7-27-9-10-28-11-12-29-13-14-31-19(25)16-21-4-8-30-18(24)15-20-3-6-26-2/h20-21H,3-16H2,1-2H3,(H,22,23). The third-order valence-corrected chi connectivity index (χ3v) is 3.42. The van der Waals surface area contributed by atoms with Gasteiger partial charge in [-0.3, -0.25) is 14.4 Å². The molecule has 0 aromatic carbocycles. The van der Waals surface area contributed by atoms with Crippen molar-refractivity contribution in [2.24, 2.45) is 0 Å². The van der Waals surface area contributed by atoms with E-state index in [0.717, 1.165) is 0 Å². The Hall–Kier alpha value is -1.83. The number of methoxy groups -OCH3 is 1. The first-order valence-electron chi connectivity index (χ1n) is 10.3. The quantitative estimate of drug-likeness (QED) is 0.125. The summed E-state index contributed by atoms with van der Waals surface area (Å²) in [6.45, 7) is 6.21. The molecule has 31 heavy (non-hydrogen) atoms. The molecule has 0 radical (unpaired) electrons. The number of amides is 1.